The second-order valence-corrected chi connectivity index (χ2v) is 5.51. The summed E-state index contributed by atoms with van der Waals surface area (Å²) >= 11 is 0. The molecule has 0 spiro atoms. The molecule has 0 aliphatic heterocycles. The van der Waals surface area contributed by atoms with Crippen LogP contribution >= 0.6 is 0 Å². The van der Waals surface area contributed by atoms with E-state index in [4.69, 9.17) is 9.15 Å². The molecule has 128 valence electrons. The number of phenolic OH excluding ortho intramolecular Hbond substituents is 2. The van der Waals surface area contributed by atoms with Gasteiger partial charge in [0.1, 0.15) is 17.8 Å². The van der Waals surface area contributed by atoms with Gasteiger partial charge in [0.15, 0.2) is 12.4 Å². The van der Waals surface area contributed by atoms with Crippen LogP contribution in [0, 0.1) is 0 Å². The van der Waals surface area contributed by atoms with Gasteiger partial charge in [-0.3, -0.25) is 9.59 Å². The second-order valence-electron chi connectivity index (χ2n) is 5.51. The standard InChI is InChI=1S/C18H14O7/c1-3-8(2)18(23)25-7-12-13-9(6-24-12)16(21)14-10(19)4-5-11(20)15(14)17(13)22/h3-6,19-20H,7H2,1-2H3. The van der Waals surface area contributed by atoms with Crippen molar-refractivity contribution in [2.75, 3.05) is 0 Å². The van der Waals surface area contributed by atoms with Crippen LogP contribution in [0.2, 0.25) is 0 Å². The van der Waals surface area contributed by atoms with Gasteiger partial charge < -0.3 is 19.4 Å². The molecule has 1 aliphatic rings. The molecular formula is C18H14O7. The summed E-state index contributed by atoms with van der Waals surface area (Å²) < 4.78 is 10.3. The minimum Gasteiger partial charge on any atom is -0.507 e. The average Bonchev–Trinajstić information content (AvgIpc) is 3.03. The van der Waals surface area contributed by atoms with E-state index in [2.05, 4.69) is 0 Å². The number of hydrogen-bond acceptors (Lipinski definition) is 7. The number of esters is 1. The van der Waals surface area contributed by atoms with Gasteiger partial charge >= 0.3 is 5.97 Å². The van der Waals surface area contributed by atoms with Crippen molar-refractivity contribution in [2.24, 2.45) is 0 Å². The van der Waals surface area contributed by atoms with E-state index in [0.29, 0.717) is 5.57 Å². The molecular weight excluding hydrogens is 328 g/mol. The number of hydrogen-bond donors (Lipinski definition) is 2. The molecule has 1 aliphatic carbocycles. The molecule has 0 atom stereocenters. The molecule has 1 heterocycles. The predicted molar refractivity (Wildman–Crippen MR) is 84.6 cm³/mol. The van der Waals surface area contributed by atoms with Gasteiger partial charge in [0.2, 0.25) is 11.6 Å². The van der Waals surface area contributed by atoms with Crippen molar-refractivity contribution in [3.8, 4) is 11.5 Å². The Labute approximate surface area is 142 Å². The number of fused-ring (bicyclic) bond motifs is 2. The summed E-state index contributed by atoms with van der Waals surface area (Å²) in [7, 11) is 0. The molecule has 0 saturated heterocycles. The van der Waals surface area contributed by atoms with Gasteiger partial charge in [-0.05, 0) is 26.0 Å². The number of ketones is 2. The lowest BCUT2D eigenvalue weighted by atomic mass is 9.84. The maximum Gasteiger partial charge on any atom is 0.333 e. The smallest absolute Gasteiger partial charge is 0.333 e. The lowest BCUT2D eigenvalue weighted by Gasteiger charge is -2.16. The van der Waals surface area contributed by atoms with Gasteiger partial charge in [-0.1, -0.05) is 6.08 Å². The van der Waals surface area contributed by atoms with Gasteiger partial charge in [0.25, 0.3) is 0 Å². The summed E-state index contributed by atoms with van der Waals surface area (Å²) in [5.41, 5.74) is -0.310. The van der Waals surface area contributed by atoms with Crippen molar-refractivity contribution in [3.05, 3.63) is 58.1 Å². The third-order valence-corrected chi connectivity index (χ3v) is 4.04. The predicted octanol–water partition coefficient (Wildman–Crippen LogP) is 2.48. The summed E-state index contributed by atoms with van der Waals surface area (Å²) in [6, 6.07) is 2.26. The second kappa shape index (κ2) is 5.94. The van der Waals surface area contributed by atoms with Crippen molar-refractivity contribution in [1.82, 2.24) is 0 Å². The highest BCUT2D eigenvalue weighted by molar-refractivity contribution is 6.30. The number of ether oxygens (including phenoxy) is 1. The highest BCUT2D eigenvalue weighted by atomic mass is 16.5. The normalized spacial score (nSPS) is 13.4. The minimum atomic E-state index is -0.680. The molecule has 7 heteroatoms. The third kappa shape index (κ3) is 2.50. The Morgan fingerprint density at radius 1 is 1.12 bits per heavy atom. The fraction of sp³-hybridized carbons (Fsp3) is 0.167. The van der Waals surface area contributed by atoms with Crippen molar-refractivity contribution in [2.45, 2.75) is 20.5 Å². The average molecular weight is 342 g/mol. The van der Waals surface area contributed by atoms with E-state index in [0.717, 1.165) is 18.4 Å². The number of allylic oxidation sites excluding steroid dienone is 1. The summed E-state index contributed by atoms with van der Waals surface area (Å²) in [5, 5.41) is 19.8. The van der Waals surface area contributed by atoms with Crippen LogP contribution in [0.5, 0.6) is 11.5 Å². The molecule has 0 unspecified atom stereocenters. The van der Waals surface area contributed by atoms with Gasteiger partial charge in [0, 0.05) is 5.57 Å². The first-order valence-corrected chi connectivity index (χ1v) is 7.41. The Balaban J connectivity index is 2.02. The number of furan rings is 1. The largest absolute Gasteiger partial charge is 0.507 e. The first-order chi connectivity index (χ1) is 11.9. The fourth-order valence-electron chi connectivity index (χ4n) is 2.58. The number of carbonyl (C=O) groups excluding carboxylic acids is 3. The minimum absolute atomic E-state index is 0.000930. The monoisotopic (exact) mass is 342 g/mol. The van der Waals surface area contributed by atoms with Crippen molar-refractivity contribution < 1.29 is 33.8 Å². The topological polar surface area (TPSA) is 114 Å². The molecule has 0 amide bonds. The molecule has 2 aromatic rings. The summed E-state index contributed by atoms with van der Waals surface area (Å²) in [6.45, 7) is 2.92. The van der Waals surface area contributed by atoms with E-state index in [-0.39, 0.29) is 34.6 Å². The van der Waals surface area contributed by atoms with Crippen LogP contribution in [0.15, 0.2) is 34.5 Å². The molecule has 2 N–H and O–H groups in total. The number of carbonyl (C=O) groups is 3. The van der Waals surface area contributed by atoms with Crippen molar-refractivity contribution in [1.29, 1.82) is 0 Å². The zero-order chi connectivity index (χ0) is 18.3. The van der Waals surface area contributed by atoms with Crippen LogP contribution in [0.4, 0.5) is 0 Å². The van der Waals surface area contributed by atoms with Crippen LogP contribution in [0.1, 0.15) is 51.5 Å². The number of phenols is 2. The van der Waals surface area contributed by atoms with Crippen molar-refractivity contribution in [3.63, 3.8) is 0 Å². The first-order valence-electron chi connectivity index (χ1n) is 7.41. The number of aromatic hydroxyl groups is 2. The molecule has 25 heavy (non-hydrogen) atoms. The lowest BCUT2D eigenvalue weighted by molar-refractivity contribution is -0.140. The summed E-state index contributed by atoms with van der Waals surface area (Å²) in [4.78, 5) is 37.0. The van der Waals surface area contributed by atoms with Gasteiger partial charge in [0.05, 0.1) is 22.3 Å². The maximum atomic E-state index is 12.7. The van der Waals surface area contributed by atoms with Gasteiger partial charge in [-0.2, -0.15) is 0 Å². The SMILES string of the molecule is CC=C(C)C(=O)OCc1occ2c1C(=O)c1c(O)ccc(O)c1C2=O. The molecule has 3 rings (SSSR count). The molecule has 1 aromatic heterocycles. The van der Waals surface area contributed by atoms with E-state index < -0.39 is 29.0 Å². The number of benzene rings is 1. The van der Waals surface area contributed by atoms with E-state index in [1.807, 2.05) is 0 Å². The molecule has 1 aromatic carbocycles. The molecule has 0 saturated carbocycles. The van der Waals surface area contributed by atoms with Crippen LogP contribution < -0.4 is 0 Å². The van der Waals surface area contributed by atoms with E-state index in [9.17, 15) is 24.6 Å². The highest BCUT2D eigenvalue weighted by Crippen LogP contribution is 2.39. The molecule has 7 nitrogen and oxygen atoms in total. The number of rotatable bonds is 3. The molecule has 0 bridgehead atoms. The molecule has 0 radical (unpaired) electrons. The fourth-order valence-corrected chi connectivity index (χ4v) is 2.58. The van der Waals surface area contributed by atoms with Crippen molar-refractivity contribution >= 4 is 17.5 Å². The van der Waals surface area contributed by atoms with Crippen LogP contribution in [-0.4, -0.2) is 27.7 Å². The Bertz CT molecular complexity index is 947. The first kappa shape index (κ1) is 16.5. The Morgan fingerprint density at radius 3 is 2.32 bits per heavy atom. The summed E-state index contributed by atoms with van der Waals surface area (Å²) in [5.74, 6) is -2.74. The van der Waals surface area contributed by atoms with E-state index in [1.165, 1.54) is 0 Å². The highest BCUT2D eigenvalue weighted by Gasteiger charge is 2.38. The lowest BCUT2D eigenvalue weighted by Crippen LogP contribution is -2.21. The van der Waals surface area contributed by atoms with Gasteiger partial charge in [-0.15, -0.1) is 0 Å². The summed E-state index contributed by atoms with van der Waals surface area (Å²) in [6.07, 6.45) is 2.65. The van der Waals surface area contributed by atoms with E-state index in [1.54, 1.807) is 19.9 Å². The Kier molecular flexibility index (Phi) is 3.92. The zero-order valence-electron chi connectivity index (χ0n) is 13.5. The third-order valence-electron chi connectivity index (χ3n) is 4.04. The quantitative estimate of drug-likeness (QED) is 0.427. The maximum absolute atomic E-state index is 12.7. The Hall–Kier alpha value is -3.35. The Morgan fingerprint density at radius 2 is 1.72 bits per heavy atom. The van der Waals surface area contributed by atoms with Gasteiger partial charge in [-0.25, -0.2) is 4.79 Å². The van der Waals surface area contributed by atoms with Crippen LogP contribution in [-0.2, 0) is 16.1 Å². The molecule has 0 fully saturated rings. The van der Waals surface area contributed by atoms with E-state index >= 15 is 0 Å². The van der Waals surface area contributed by atoms with Crippen LogP contribution in [0.25, 0.3) is 0 Å². The van der Waals surface area contributed by atoms with Crippen LogP contribution in [0.3, 0.4) is 0 Å². The zero-order valence-corrected chi connectivity index (χ0v) is 13.5.